The molecule has 1 aliphatic heterocycles. The number of morpholine rings is 1. The fraction of sp³-hybridized carbons (Fsp3) is 0.462. The Morgan fingerprint density at radius 1 is 1.44 bits per heavy atom. The number of nitrogens with zero attached hydrogens (tertiary/aromatic N) is 1. The molecule has 18 heavy (non-hydrogen) atoms. The van der Waals surface area contributed by atoms with Crippen LogP contribution >= 0.6 is 28.1 Å². The molecule has 0 aliphatic carbocycles. The van der Waals surface area contributed by atoms with Gasteiger partial charge in [-0.05, 0) is 33.6 Å². The van der Waals surface area contributed by atoms with E-state index in [1.165, 1.54) is 5.56 Å². The third-order valence-electron chi connectivity index (χ3n) is 2.94. The largest absolute Gasteiger partial charge is 0.496 e. The number of hydrogen-bond acceptors (Lipinski definition) is 3. The lowest BCUT2D eigenvalue weighted by Crippen LogP contribution is -2.40. The van der Waals surface area contributed by atoms with E-state index < -0.39 is 0 Å². The zero-order chi connectivity index (χ0) is 13.0. The highest BCUT2D eigenvalue weighted by atomic mass is 79.9. The van der Waals surface area contributed by atoms with Crippen LogP contribution in [0.3, 0.4) is 0 Å². The molecule has 3 nitrogen and oxygen atoms in total. The van der Waals surface area contributed by atoms with Crippen LogP contribution in [0.15, 0.2) is 22.7 Å². The van der Waals surface area contributed by atoms with Crippen molar-refractivity contribution in [3.63, 3.8) is 0 Å². The maximum atomic E-state index is 5.48. The van der Waals surface area contributed by atoms with Crippen molar-refractivity contribution in [2.75, 3.05) is 33.4 Å². The van der Waals surface area contributed by atoms with E-state index in [0.717, 1.165) is 47.9 Å². The van der Waals surface area contributed by atoms with Crippen molar-refractivity contribution in [1.82, 2.24) is 4.90 Å². The van der Waals surface area contributed by atoms with Crippen LogP contribution in [0, 0.1) is 0 Å². The van der Waals surface area contributed by atoms with Crippen LogP contribution in [0.25, 0.3) is 0 Å². The van der Waals surface area contributed by atoms with E-state index in [9.17, 15) is 0 Å². The fourth-order valence-corrected chi connectivity index (χ4v) is 2.86. The molecule has 1 aromatic rings. The molecule has 0 radical (unpaired) electrons. The summed E-state index contributed by atoms with van der Waals surface area (Å²) in [5.74, 6) is 0.844. The monoisotopic (exact) mass is 329 g/mol. The molecular weight excluding hydrogens is 314 g/mol. The SMILES string of the molecule is COc1ccc(CC(=S)N2CCOCC2)cc1Br. The molecule has 0 atom stereocenters. The molecule has 2 rings (SSSR count). The molecule has 5 heteroatoms. The molecule has 1 heterocycles. The normalized spacial score (nSPS) is 15.6. The maximum Gasteiger partial charge on any atom is 0.133 e. The van der Waals surface area contributed by atoms with Gasteiger partial charge in [0.2, 0.25) is 0 Å². The Kier molecular flexibility index (Phi) is 4.97. The second-order valence-corrected chi connectivity index (χ2v) is 5.46. The number of hydrogen-bond donors (Lipinski definition) is 0. The Hall–Kier alpha value is -0.650. The average molecular weight is 330 g/mol. The number of ether oxygens (including phenoxy) is 2. The van der Waals surface area contributed by atoms with Crippen LogP contribution in [0.4, 0.5) is 0 Å². The predicted octanol–water partition coefficient (Wildman–Crippen LogP) is 2.66. The quantitative estimate of drug-likeness (QED) is 0.795. The van der Waals surface area contributed by atoms with Crippen LogP contribution < -0.4 is 4.74 Å². The first kappa shape index (κ1) is 13.8. The zero-order valence-corrected chi connectivity index (χ0v) is 12.7. The molecule has 0 aromatic heterocycles. The Morgan fingerprint density at radius 3 is 2.78 bits per heavy atom. The van der Waals surface area contributed by atoms with Gasteiger partial charge in [0, 0.05) is 19.5 Å². The van der Waals surface area contributed by atoms with Crippen LogP contribution in [-0.4, -0.2) is 43.3 Å². The van der Waals surface area contributed by atoms with E-state index in [1.54, 1.807) is 7.11 Å². The van der Waals surface area contributed by atoms with Crippen molar-refractivity contribution in [1.29, 1.82) is 0 Å². The van der Waals surface area contributed by atoms with E-state index in [-0.39, 0.29) is 0 Å². The van der Waals surface area contributed by atoms with Gasteiger partial charge in [0.15, 0.2) is 0 Å². The second-order valence-electron chi connectivity index (χ2n) is 4.14. The third-order valence-corrected chi connectivity index (χ3v) is 3.96. The topological polar surface area (TPSA) is 21.7 Å². The van der Waals surface area contributed by atoms with Crippen LogP contribution in [0.2, 0.25) is 0 Å². The van der Waals surface area contributed by atoms with E-state index >= 15 is 0 Å². The summed E-state index contributed by atoms with van der Waals surface area (Å²) in [4.78, 5) is 3.20. The Bertz CT molecular complexity index is 433. The highest BCUT2D eigenvalue weighted by Gasteiger charge is 2.14. The molecule has 1 aromatic carbocycles. The van der Waals surface area contributed by atoms with Gasteiger partial charge in [-0.1, -0.05) is 18.3 Å². The van der Waals surface area contributed by atoms with Gasteiger partial charge in [-0.25, -0.2) is 0 Å². The first-order chi connectivity index (χ1) is 8.70. The molecule has 0 unspecified atom stereocenters. The Balaban J connectivity index is 2.00. The lowest BCUT2D eigenvalue weighted by atomic mass is 10.1. The summed E-state index contributed by atoms with van der Waals surface area (Å²) in [5, 5.41) is 0. The van der Waals surface area contributed by atoms with Gasteiger partial charge < -0.3 is 14.4 Å². The number of rotatable bonds is 3. The van der Waals surface area contributed by atoms with Gasteiger partial charge >= 0.3 is 0 Å². The first-order valence-electron chi connectivity index (χ1n) is 5.88. The van der Waals surface area contributed by atoms with Gasteiger partial charge in [-0.2, -0.15) is 0 Å². The van der Waals surface area contributed by atoms with E-state index in [1.807, 2.05) is 6.07 Å². The molecule has 0 bridgehead atoms. The molecule has 1 fully saturated rings. The fourth-order valence-electron chi connectivity index (χ4n) is 1.92. The van der Waals surface area contributed by atoms with Crippen molar-refractivity contribution in [3.8, 4) is 5.75 Å². The minimum atomic E-state index is 0.770. The number of halogens is 1. The van der Waals surface area contributed by atoms with Gasteiger partial charge in [0.25, 0.3) is 0 Å². The van der Waals surface area contributed by atoms with Crippen molar-refractivity contribution in [3.05, 3.63) is 28.2 Å². The lowest BCUT2D eigenvalue weighted by Gasteiger charge is -2.29. The van der Waals surface area contributed by atoms with Gasteiger partial charge in [0.1, 0.15) is 5.75 Å². The van der Waals surface area contributed by atoms with Crippen molar-refractivity contribution >= 4 is 33.1 Å². The summed E-state index contributed by atoms with van der Waals surface area (Å²) in [6, 6.07) is 6.07. The van der Waals surface area contributed by atoms with Crippen LogP contribution in [0.5, 0.6) is 5.75 Å². The van der Waals surface area contributed by atoms with E-state index in [0.29, 0.717) is 0 Å². The van der Waals surface area contributed by atoms with Crippen LogP contribution in [-0.2, 0) is 11.2 Å². The molecule has 0 spiro atoms. The Morgan fingerprint density at radius 2 is 2.17 bits per heavy atom. The lowest BCUT2D eigenvalue weighted by molar-refractivity contribution is 0.0684. The molecule has 98 valence electrons. The van der Waals surface area contributed by atoms with Crippen LogP contribution in [0.1, 0.15) is 5.56 Å². The van der Waals surface area contributed by atoms with E-state index in [2.05, 4.69) is 33.0 Å². The van der Waals surface area contributed by atoms with Gasteiger partial charge in [-0.15, -0.1) is 0 Å². The maximum absolute atomic E-state index is 5.48. The molecule has 1 aliphatic rings. The highest BCUT2D eigenvalue weighted by molar-refractivity contribution is 9.10. The summed E-state index contributed by atoms with van der Waals surface area (Å²) in [5.41, 5.74) is 1.19. The summed E-state index contributed by atoms with van der Waals surface area (Å²) in [6.45, 7) is 3.34. The first-order valence-corrected chi connectivity index (χ1v) is 7.09. The summed E-state index contributed by atoms with van der Waals surface area (Å²) in [6.07, 6.45) is 0.790. The molecule has 1 saturated heterocycles. The minimum absolute atomic E-state index is 0.770. The third kappa shape index (κ3) is 3.43. The Labute approximate surface area is 121 Å². The van der Waals surface area contributed by atoms with Gasteiger partial charge in [-0.3, -0.25) is 0 Å². The number of benzene rings is 1. The minimum Gasteiger partial charge on any atom is -0.496 e. The molecule has 0 amide bonds. The second kappa shape index (κ2) is 6.50. The van der Waals surface area contributed by atoms with Crippen molar-refractivity contribution < 1.29 is 9.47 Å². The summed E-state index contributed by atoms with van der Waals surface area (Å²) in [7, 11) is 1.66. The summed E-state index contributed by atoms with van der Waals surface area (Å²) >= 11 is 8.98. The molecule has 0 N–H and O–H groups in total. The predicted molar refractivity (Wildman–Crippen MR) is 79.4 cm³/mol. The highest BCUT2D eigenvalue weighted by Crippen LogP contribution is 2.26. The summed E-state index contributed by atoms with van der Waals surface area (Å²) < 4.78 is 11.5. The van der Waals surface area contributed by atoms with Crippen molar-refractivity contribution in [2.45, 2.75) is 6.42 Å². The number of thiocarbonyl (C=S) groups is 1. The smallest absolute Gasteiger partial charge is 0.133 e. The molecular formula is C13H16BrNO2S. The standard InChI is InChI=1S/C13H16BrNO2S/c1-16-12-3-2-10(8-11(12)14)9-13(18)15-4-6-17-7-5-15/h2-3,8H,4-7,9H2,1H3. The number of methoxy groups -OCH3 is 1. The van der Waals surface area contributed by atoms with Gasteiger partial charge in [0.05, 0.1) is 29.8 Å². The molecule has 0 saturated carbocycles. The van der Waals surface area contributed by atoms with Crippen molar-refractivity contribution in [2.24, 2.45) is 0 Å². The average Bonchev–Trinajstić information content (AvgIpc) is 2.40. The zero-order valence-electron chi connectivity index (χ0n) is 10.3. The van der Waals surface area contributed by atoms with E-state index in [4.69, 9.17) is 21.7 Å².